The Bertz CT molecular complexity index is 399. The molecule has 0 spiro atoms. The molecule has 0 bridgehead atoms. The Morgan fingerprint density at radius 3 is 2.62 bits per heavy atom. The van der Waals surface area contributed by atoms with E-state index in [2.05, 4.69) is 61.3 Å². The first kappa shape index (κ1) is 16.3. The quantitative estimate of drug-likeness (QED) is 0.796. The molecule has 1 saturated heterocycles. The molecule has 1 aliphatic rings. The molecule has 1 unspecified atom stereocenters. The van der Waals surface area contributed by atoms with E-state index in [1.165, 1.54) is 5.69 Å². The van der Waals surface area contributed by atoms with Crippen LogP contribution in [0.4, 0.5) is 5.69 Å². The summed E-state index contributed by atoms with van der Waals surface area (Å²) in [4.78, 5) is 2.48. The molecule has 1 fully saturated rings. The van der Waals surface area contributed by atoms with Gasteiger partial charge in [-0.2, -0.15) is 0 Å². The maximum absolute atomic E-state index is 5.73. The molecule has 1 atom stereocenters. The van der Waals surface area contributed by atoms with Crippen LogP contribution in [-0.4, -0.2) is 39.4 Å². The van der Waals surface area contributed by atoms with E-state index in [0.29, 0.717) is 5.92 Å². The lowest BCUT2D eigenvalue weighted by atomic mass is 9.86. The van der Waals surface area contributed by atoms with E-state index in [4.69, 9.17) is 4.74 Å². The Morgan fingerprint density at radius 1 is 1.29 bits per heavy atom. The summed E-state index contributed by atoms with van der Waals surface area (Å²) in [6, 6.07) is 10.7. The van der Waals surface area contributed by atoms with Crippen LogP contribution in [0.5, 0.6) is 0 Å². The van der Waals surface area contributed by atoms with E-state index in [1.54, 1.807) is 0 Å². The van der Waals surface area contributed by atoms with Crippen molar-refractivity contribution < 1.29 is 4.74 Å². The molecule has 21 heavy (non-hydrogen) atoms. The van der Waals surface area contributed by atoms with Crippen LogP contribution >= 0.6 is 0 Å². The lowest BCUT2D eigenvalue weighted by Crippen LogP contribution is -2.45. The third kappa shape index (κ3) is 4.72. The van der Waals surface area contributed by atoms with E-state index in [-0.39, 0.29) is 5.41 Å². The lowest BCUT2D eigenvalue weighted by molar-refractivity contribution is 0.151. The van der Waals surface area contributed by atoms with Gasteiger partial charge in [-0.05, 0) is 37.9 Å². The molecule has 0 radical (unpaired) electrons. The summed E-state index contributed by atoms with van der Waals surface area (Å²) < 4.78 is 5.73. The van der Waals surface area contributed by atoms with Crippen LogP contribution in [0.1, 0.15) is 27.2 Å². The minimum Gasteiger partial charge on any atom is -0.381 e. The van der Waals surface area contributed by atoms with Crippen molar-refractivity contribution in [3.8, 4) is 0 Å². The zero-order valence-corrected chi connectivity index (χ0v) is 13.8. The summed E-state index contributed by atoms with van der Waals surface area (Å²) in [5.41, 5.74) is 1.57. The van der Waals surface area contributed by atoms with Gasteiger partial charge >= 0.3 is 0 Å². The molecule has 3 heteroatoms. The van der Waals surface area contributed by atoms with Gasteiger partial charge in [0.05, 0.1) is 6.61 Å². The van der Waals surface area contributed by atoms with Gasteiger partial charge in [0.2, 0.25) is 0 Å². The second-order valence-corrected chi connectivity index (χ2v) is 6.68. The summed E-state index contributed by atoms with van der Waals surface area (Å²) in [5.74, 6) is 0.695. The van der Waals surface area contributed by atoms with Gasteiger partial charge < -0.3 is 15.0 Å². The number of rotatable bonds is 8. The fourth-order valence-corrected chi connectivity index (χ4v) is 3.02. The van der Waals surface area contributed by atoms with Gasteiger partial charge in [-0.25, -0.2) is 0 Å². The van der Waals surface area contributed by atoms with Crippen molar-refractivity contribution in [1.29, 1.82) is 0 Å². The van der Waals surface area contributed by atoms with Crippen LogP contribution in [-0.2, 0) is 4.74 Å². The second kappa shape index (κ2) is 7.81. The predicted molar refractivity (Wildman–Crippen MR) is 89.9 cm³/mol. The van der Waals surface area contributed by atoms with Crippen molar-refractivity contribution in [2.24, 2.45) is 11.3 Å². The van der Waals surface area contributed by atoms with Gasteiger partial charge in [0.1, 0.15) is 0 Å². The van der Waals surface area contributed by atoms with E-state index in [9.17, 15) is 0 Å². The number of nitrogens with zero attached hydrogens (tertiary/aromatic N) is 1. The Kier molecular flexibility index (Phi) is 6.07. The first-order chi connectivity index (χ1) is 10.2. The maximum atomic E-state index is 5.73. The molecule has 1 aromatic rings. The van der Waals surface area contributed by atoms with Crippen molar-refractivity contribution in [3.63, 3.8) is 0 Å². The van der Waals surface area contributed by atoms with Gasteiger partial charge in [0.15, 0.2) is 0 Å². The minimum atomic E-state index is 0.251. The molecule has 3 nitrogen and oxygen atoms in total. The van der Waals surface area contributed by atoms with Crippen LogP contribution in [0, 0.1) is 11.3 Å². The molecular weight excluding hydrogens is 260 g/mol. The number of nitrogens with one attached hydrogen (secondary N) is 1. The Balaban J connectivity index is 2.00. The molecule has 0 saturated carbocycles. The molecule has 0 aliphatic carbocycles. The van der Waals surface area contributed by atoms with Crippen molar-refractivity contribution in [1.82, 2.24) is 5.32 Å². The number of para-hydroxylation sites is 1. The smallest absolute Gasteiger partial charge is 0.0552 e. The number of ether oxygens (including phenoxy) is 1. The Labute approximate surface area is 129 Å². The fourth-order valence-electron chi connectivity index (χ4n) is 3.02. The molecule has 0 aromatic heterocycles. The largest absolute Gasteiger partial charge is 0.381 e. The highest BCUT2D eigenvalue weighted by molar-refractivity contribution is 5.46. The Morgan fingerprint density at radius 2 is 2.05 bits per heavy atom. The van der Waals surface area contributed by atoms with Crippen LogP contribution in [0.25, 0.3) is 0 Å². The summed E-state index contributed by atoms with van der Waals surface area (Å²) in [6.07, 6.45) is 1.15. The van der Waals surface area contributed by atoms with Crippen molar-refractivity contribution >= 4 is 5.69 Å². The molecule has 2 rings (SSSR count). The third-order valence-electron chi connectivity index (χ3n) is 4.27. The van der Waals surface area contributed by atoms with Crippen molar-refractivity contribution in [2.45, 2.75) is 27.2 Å². The molecule has 0 amide bonds. The summed E-state index contributed by atoms with van der Waals surface area (Å²) >= 11 is 0. The maximum Gasteiger partial charge on any atom is 0.0552 e. The molecule has 118 valence electrons. The van der Waals surface area contributed by atoms with Gasteiger partial charge in [-0.1, -0.05) is 32.0 Å². The summed E-state index contributed by atoms with van der Waals surface area (Å²) in [5, 5.41) is 3.64. The highest BCUT2D eigenvalue weighted by Gasteiger charge is 2.36. The zero-order valence-electron chi connectivity index (χ0n) is 13.8. The normalized spacial score (nSPS) is 21.9. The van der Waals surface area contributed by atoms with Gasteiger partial charge in [-0.15, -0.1) is 0 Å². The highest BCUT2D eigenvalue weighted by atomic mass is 16.5. The van der Waals surface area contributed by atoms with E-state index in [1.807, 2.05) is 0 Å². The van der Waals surface area contributed by atoms with Gasteiger partial charge in [-0.3, -0.25) is 0 Å². The van der Waals surface area contributed by atoms with Gasteiger partial charge in [0.25, 0.3) is 0 Å². The predicted octanol–water partition coefficient (Wildman–Crippen LogP) is 3.17. The van der Waals surface area contributed by atoms with Crippen LogP contribution in [0.3, 0.4) is 0 Å². The first-order valence-corrected chi connectivity index (χ1v) is 8.24. The molecule has 1 heterocycles. The van der Waals surface area contributed by atoms with E-state index in [0.717, 1.165) is 45.8 Å². The van der Waals surface area contributed by atoms with Crippen molar-refractivity contribution in [3.05, 3.63) is 30.3 Å². The Hall–Kier alpha value is -1.06. The standard InChI is InChI=1S/C18H30N2O/c1-4-20(17-8-6-5-7-9-17)14-18(10-11-21-15-18)13-19-12-16(2)3/h5-9,16,19H,4,10-15H2,1-3H3. The average molecular weight is 290 g/mol. The van der Waals surface area contributed by atoms with Gasteiger partial charge in [0, 0.05) is 37.3 Å². The molecule has 1 aliphatic heterocycles. The lowest BCUT2D eigenvalue weighted by Gasteiger charge is -2.35. The summed E-state index contributed by atoms with van der Waals surface area (Å²) in [7, 11) is 0. The zero-order chi connectivity index (χ0) is 15.1. The third-order valence-corrected chi connectivity index (χ3v) is 4.27. The number of hydrogen-bond acceptors (Lipinski definition) is 3. The van der Waals surface area contributed by atoms with Crippen molar-refractivity contribution in [2.75, 3.05) is 44.3 Å². The number of hydrogen-bond donors (Lipinski definition) is 1. The molecular formula is C18H30N2O. The highest BCUT2D eigenvalue weighted by Crippen LogP contribution is 2.31. The SMILES string of the molecule is CCN(CC1(CNCC(C)C)CCOC1)c1ccccc1. The fraction of sp³-hybridized carbons (Fsp3) is 0.667. The van der Waals surface area contributed by atoms with E-state index < -0.39 is 0 Å². The average Bonchev–Trinajstić information content (AvgIpc) is 2.94. The first-order valence-electron chi connectivity index (χ1n) is 8.24. The summed E-state index contributed by atoms with van der Waals surface area (Å²) in [6.45, 7) is 12.8. The molecule has 1 aromatic carbocycles. The topological polar surface area (TPSA) is 24.5 Å². The minimum absolute atomic E-state index is 0.251. The van der Waals surface area contributed by atoms with Crippen LogP contribution < -0.4 is 10.2 Å². The van der Waals surface area contributed by atoms with E-state index >= 15 is 0 Å². The number of anilines is 1. The van der Waals surface area contributed by atoms with Crippen LogP contribution in [0.2, 0.25) is 0 Å². The second-order valence-electron chi connectivity index (χ2n) is 6.68. The number of benzene rings is 1. The van der Waals surface area contributed by atoms with Crippen LogP contribution in [0.15, 0.2) is 30.3 Å². The molecule has 1 N–H and O–H groups in total. The monoisotopic (exact) mass is 290 g/mol.